The zero-order valence-electron chi connectivity index (χ0n) is 17.5. The molecular weight excluding hydrogens is 469 g/mol. The van der Waals surface area contributed by atoms with E-state index in [4.69, 9.17) is 11.6 Å². The lowest BCUT2D eigenvalue weighted by Gasteiger charge is -2.15. The Morgan fingerprint density at radius 2 is 1.67 bits per heavy atom. The number of amides is 2. The van der Waals surface area contributed by atoms with Crippen LogP contribution in [0.4, 0.5) is 10.1 Å². The van der Waals surface area contributed by atoms with Gasteiger partial charge in [-0.25, -0.2) is 12.8 Å². The molecule has 2 amide bonds. The molecule has 10 heteroatoms. The van der Waals surface area contributed by atoms with E-state index < -0.39 is 33.7 Å². The maximum Gasteiger partial charge on any atom is 0.261 e. The highest BCUT2D eigenvalue weighted by Gasteiger charge is 2.22. The number of benzene rings is 3. The molecule has 0 aliphatic heterocycles. The van der Waals surface area contributed by atoms with Crippen LogP contribution in [0.3, 0.4) is 0 Å². The maximum atomic E-state index is 13.1. The lowest BCUT2D eigenvalue weighted by Crippen LogP contribution is -2.44. The number of sulfonamides is 1. The third-order valence-electron chi connectivity index (χ3n) is 4.64. The van der Waals surface area contributed by atoms with Crippen LogP contribution in [0.1, 0.15) is 22.8 Å². The van der Waals surface area contributed by atoms with Crippen molar-refractivity contribution >= 4 is 39.1 Å². The molecule has 3 rings (SSSR count). The molecule has 0 spiro atoms. The number of hydrogen-bond donors (Lipinski definition) is 3. The quantitative estimate of drug-likeness (QED) is 0.448. The monoisotopic (exact) mass is 489 g/mol. The van der Waals surface area contributed by atoms with E-state index in [1.54, 1.807) is 0 Å². The first kappa shape index (κ1) is 24.2. The second-order valence-corrected chi connectivity index (χ2v) is 9.24. The summed E-state index contributed by atoms with van der Waals surface area (Å²) in [5.41, 5.74) is 0.946. The molecule has 0 aliphatic carbocycles. The molecule has 33 heavy (non-hydrogen) atoms. The Bertz CT molecular complexity index is 1250. The van der Waals surface area contributed by atoms with E-state index in [-0.39, 0.29) is 21.2 Å². The molecule has 0 aliphatic rings. The standard InChI is InChI=1S/C23H21ClFN3O4S/c1-15(22(29)26-14-16-5-3-2-4-6-16)27-23(30)20-13-19(11-12-21(20)24)33(31,32)28-18-9-7-17(25)8-10-18/h2-13,15,28H,14H2,1H3,(H,26,29)(H,27,30). The van der Waals surface area contributed by atoms with Crippen LogP contribution < -0.4 is 15.4 Å². The highest BCUT2D eigenvalue weighted by atomic mass is 35.5. The van der Waals surface area contributed by atoms with Crippen LogP contribution in [-0.2, 0) is 21.4 Å². The van der Waals surface area contributed by atoms with Crippen molar-refractivity contribution in [3.8, 4) is 0 Å². The van der Waals surface area contributed by atoms with E-state index in [0.29, 0.717) is 6.54 Å². The predicted octanol–water partition coefficient (Wildman–Crippen LogP) is 3.71. The molecule has 0 saturated carbocycles. The van der Waals surface area contributed by atoms with Gasteiger partial charge in [-0.15, -0.1) is 0 Å². The summed E-state index contributed by atoms with van der Waals surface area (Å²) in [5.74, 6) is -1.63. The van der Waals surface area contributed by atoms with Crippen molar-refractivity contribution in [2.24, 2.45) is 0 Å². The van der Waals surface area contributed by atoms with Gasteiger partial charge in [0.05, 0.1) is 15.5 Å². The molecule has 3 N–H and O–H groups in total. The number of carbonyl (C=O) groups is 2. The smallest absolute Gasteiger partial charge is 0.261 e. The molecule has 0 radical (unpaired) electrons. The summed E-state index contributed by atoms with van der Waals surface area (Å²) in [7, 11) is -4.07. The molecule has 1 unspecified atom stereocenters. The van der Waals surface area contributed by atoms with Gasteiger partial charge in [0.2, 0.25) is 5.91 Å². The lowest BCUT2D eigenvalue weighted by molar-refractivity contribution is -0.122. The number of nitrogens with one attached hydrogen (secondary N) is 3. The molecule has 0 aromatic heterocycles. The van der Waals surface area contributed by atoms with Gasteiger partial charge in [0.25, 0.3) is 15.9 Å². The van der Waals surface area contributed by atoms with Crippen LogP contribution in [-0.4, -0.2) is 26.3 Å². The predicted molar refractivity (Wildman–Crippen MR) is 124 cm³/mol. The van der Waals surface area contributed by atoms with Crippen molar-refractivity contribution in [3.63, 3.8) is 0 Å². The number of hydrogen-bond acceptors (Lipinski definition) is 4. The van der Waals surface area contributed by atoms with Crippen molar-refractivity contribution in [2.45, 2.75) is 24.4 Å². The molecule has 7 nitrogen and oxygen atoms in total. The summed E-state index contributed by atoms with van der Waals surface area (Å²) in [6.07, 6.45) is 0. The van der Waals surface area contributed by atoms with Crippen molar-refractivity contribution in [3.05, 3.63) is 94.8 Å². The Kier molecular flexibility index (Phi) is 7.67. The molecule has 172 valence electrons. The average Bonchev–Trinajstić information content (AvgIpc) is 2.79. The highest BCUT2D eigenvalue weighted by Crippen LogP contribution is 2.23. The Hall–Kier alpha value is -3.43. The van der Waals surface area contributed by atoms with Gasteiger partial charge in [-0.2, -0.15) is 0 Å². The van der Waals surface area contributed by atoms with Gasteiger partial charge in [-0.3, -0.25) is 14.3 Å². The van der Waals surface area contributed by atoms with Crippen LogP contribution >= 0.6 is 11.6 Å². The molecule has 0 bridgehead atoms. The van der Waals surface area contributed by atoms with Crippen molar-refractivity contribution in [2.75, 3.05) is 4.72 Å². The third-order valence-corrected chi connectivity index (χ3v) is 6.35. The topological polar surface area (TPSA) is 104 Å². The van der Waals surface area contributed by atoms with Gasteiger partial charge in [-0.1, -0.05) is 41.9 Å². The van der Waals surface area contributed by atoms with Crippen LogP contribution in [0.25, 0.3) is 0 Å². The summed E-state index contributed by atoms with van der Waals surface area (Å²) >= 11 is 6.10. The van der Waals surface area contributed by atoms with Gasteiger partial charge in [0, 0.05) is 12.2 Å². The summed E-state index contributed by atoms with van der Waals surface area (Å²) < 4.78 is 40.7. The molecule has 3 aromatic rings. The summed E-state index contributed by atoms with van der Waals surface area (Å²) in [6, 6.07) is 16.8. The van der Waals surface area contributed by atoms with Gasteiger partial charge >= 0.3 is 0 Å². The van der Waals surface area contributed by atoms with E-state index in [0.717, 1.165) is 23.8 Å². The fourth-order valence-corrected chi connectivity index (χ4v) is 4.14. The maximum absolute atomic E-state index is 13.1. The minimum atomic E-state index is -4.07. The van der Waals surface area contributed by atoms with E-state index >= 15 is 0 Å². The molecule has 0 saturated heterocycles. The fraction of sp³-hybridized carbons (Fsp3) is 0.130. The minimum Gasteiger partial charge on any atom is -0.350 e. The Morgan fingerprint density at radius 3 is 2.33 bits per heavy atom. The molecule has 1 atom stereocenters. The lowest BCUT2D eigenvalue weighted by atomic mass is 10.2. The van der Waals surface area contributed by atoms with Gasteiger partial charge in [-0.05, 0) is 55.0 Å². The first-order valence-corrected chi connectivity index (χ1v) is 11.7. The van der Waals surface area contributed by atoms with E-state index in [1.807, 2.05) is 30.3 Å². The van der Waals surface area contributed by atoms with Crippen molar-refractivity contribution in [1.29, 1.82) is 0 Å². The van der Waals surface area contributed by atoms with Gasteiger partial charge < -0.3 is 10.6 Å². The zero-order chi connectivity index (χ0) is 24.0. The van der Waals surface area contributed by atoms with Gasteiger partial charge in [0.15, 0.2) is 0 Å². The Balaban J connectivity index is 1.69. The average molecular weight is 490 g/mol. The largest absolute Gasteiger partial charge is 0.350 e. The zero-order valence-corrected chi connectivity index (χ0v) is 19.1. The van der Waals surface area contributed by atoms with Crippen LogP contribution in [0.15, 0.2) is 77.7 Å². The minimum absolute atomic E-state index is 0.0186. The second-order valence-electron chi connectivity index (χ2n) is 7.15. The molecule has 0 fully saturated rings. The van der Waals surface area contributed by atoms with E-state index in [2.05, 4.69) is 15.4 Å². The van der Waals surface area contributed by atoms with Crippen LogP contribution in [0, 0.1) is 5.82 Å². The first-order chi connectivity index (χ1) is 15.7. The van der Waals surface area contributed by atoms with Crippen LogP contribution in [0.2, 0.25) is 5.02 Å². The van der Waals surface area contributed by atoms with Crippen molar-refractivity contribution < 1.29 is 22.4 Å². The van der Waals surface area contributed by atoms with E-state index in [9.17, 15) is 22.4 Å². The first-order valence-electron chi connectivity index (χ1n) is 9.86. The van der Waals surface area contributed by atoms with Crippen molar-refractivity contribution in [1.82, 2.24) is 10.6 Å². The second kappa shape index (κ2) is 10.5. The summed E-state index contributed by atoms with van der Waals surface area (Å²) in [6.45, 7) is 1.80. The number of carbonyl (C=O) groups excluding carboxylic acids is 2. The number of anilines is 1. The summed E-state index contributed by atoms with van der Waals surface area (Å²) in [4.78, 5) is 24.8. The van der Waals surface area contributed by atoms with Crippen LogP contribution in [0.5, 0.6) is 0 Å². The fourth-order valence-electron chi connectivity index (χ4n) is 2.86. The molecular formula is C23H21ClFN3O4S. The Morgan fingerprint density at radius 1 is 1.00 bits per heavy atom. The normalized spacial score (nSPS) is 12.0. The van der Waals surface area contributed by atoms with Gasteiger partial charge in [0.1, 0.15) is 11.9 Å². The summed E-state index contributed by atoms with van der Waals surface area (Å²) in [5, 5.41) is 5.25. The number of rotatable bonds is 8. The molecule has 3 aromatic carbocycles. The number of halogens is 2. The third kappa shape index (κ3) is 6.53. The molecule has 0 heterocycles. The highest BCUT2D eigenvalue weighted by molar-refractivity contribution is 7.92. The van der Waals surface area contributed by atoms with E-state index in [1.165, 1.54) is 31.2 Å². The SMILES string of the molecule is CC(NC(=O)c1cc(S(=O)(=O)Nc2ccc(F)cc2)ccc1Cl)C(=O)NCc1ccccc1. The Labute approximate surface area is 196 Å².